The highest BCUT2D eigenvalue weighted by molar-refractivity contribution is 7.20. The molecule has 0 fully saturated rings. The molecule has 0 radical (unpaired) electrons. The largest absolute Gasteiger partial charge is 0.205 e. The monoisotopic (exact) mass is 308 g/mol. The molecule has 0 atom stereocenters. The quantitative estimate of drug-likeness (QED) is 0.538. The lowest BCUT2D eigenvalue weighted by Gasteiger charge is -1.99. The summed E-state index contributed by atoms with van der Waals surface area (Å²) < 4.78 is 14.4. The molecule has 0 spiro atoms. The van der Waals surface area contributed by atoms with Crippen molar-refractivity contribution in [2.24, 2.45) is 0 Å². The number of halogens is 1. The molecule has 0 bridgehead atoms. The number of unbranched alkanes of at least 4 members (excludes halogenated alkanes) is 1. The summed E-state index contributed by atoms with van der Waals surface area (Å²) in [6.45, 7) is 18.3. The molecular weight excluding hydrogens is 279 g/mol. The zero-order valence-corrected chi connectivity index (χ0v) is 15.4. The number of hydrogen-bond acceptors (Lipinski definition) is 1. The molecule has 0 aliphatic rings. The Labute approximate surface area is 133 Å². The van der Waals surface area contributed by atoms with Crippen molar-refractivity contribution in [3.8, 4) is 0 Å². The summed E-state index contributed by atoms with van der Waals surface area (Å²) in [5.41, 5.74) is 3.29. The molecule has 1 heterocycles. The van der Waals surface area contributed by atoms with Gasteiger partial charge >= 0.3 is 0 Å². The van der Waals surface area contributed by atoms with E-state index in [4.69, 9.17) is 0 Å². The van der Waals surface area contributed by atoms with Crippen LogP contribution < -0.4 is 0 Å². The molecule has 21 heavy (non-hydrogen) atoms. The molecule has 0 amide bonds. The van der Waals surface area contributed by atoms with Crippen molar-refractivity contribution < 1.29 is 4.39 Å². The number of thiophene rings is 1. The van der Waals surface area contributed by atoms with E-state index in [1.54, 1.807) is 0 Å². The smallest absolute Gasteiger partial charge is 0.141 e. The minimum Gasteiger partial charge on any atom is -0.205 e. The predicted molar refractivity (Wildman–Crippen MR) is 97.9 cm³/mol. The molecule has 1 aromatic heterocycles. The lowest BCUT2D eigenvalue weighted by molar-refractivity contribution is 0.641. The molecule has 0 unspecified atom stereocenters. The van der Waals surface area contributed by atoms with Crippen LogP contribution in [0.4, 0.5) is 4.39 Å². The van der Waals surface area contributed by atoms with E-state index in [1.807, 2.05) is 40.7 Å². The molecule has 0 saturated heterocycles. The van der Waals surface area contributed by atoms with Gasteiger partial charge in [-0.2, -0.15) is 0 Å². The average molecular weight is 309 g/mol. The Morgan fingerprint density at radius 1 is 1.14 bits per heavy atom. The third-order valence-electron chi connectivity index (χ3n) is 3.13. The first kappa shape index (κ1) is 19.9. The summed E-state index contributed by atoms with van der Waals surface area (Å²) in [6, 6.07) is 3.37. The third kappa shape index (κ3) is 4.96. The number of fused-ring (bicyclic) bond motifs is 1. The summed E-state index contributed by atoms with van der Waals surface area (Å²) in [6.07, 6.45) is 2.64. The first-order valence-electron chi connectivity index (χ1n) is 7.78. The summed E-state index contributed by atoms with van der Waals surface area (Å²) in [4.78, 5) is 1.11. The fraction of sp³-hybridized carbons (Fsp3) is 0.474. The van der Waals surface area contributed by atoms with Crippen molar-refractivity contribution in [1.82, 2.24) is 0 Å². The van der Waals surface area contributed by atoms with E-state index in [2.05, 4.69) is 20.4 Å². The van der Waals surface area contributed by atoms with Crippen molar-refractivity contribution in [2.45, 2.75) is 61.3 Å². The maximum atomic E-state index is 13.6. The Morgan fingerprint density at radius 3 is 2.05 bits per heavy atom. The van der Waals surface area contributed by atoms with Crippen LogP contribution in [0.25, 0.3) is 15.7 Å². The van der Waals surface area contributed by atoms with Gasteiger partial charge in [0, 0.05) is 10.3 Å². The average Bonchev–Trinajstić information content (AvgIpc) is 2.84. The molecule has 0 nitrogen and oxygen atoms in total. The minimum atomic E-state index is -0.129. The molecule has 0 saturated carbocycles. The van der Waals surface area contributed by atoms with Crippen molar-refractivity contribution in [2.75, 3.05) is 0 Å². The van der Waals surface area contributed by atoms with Crippen molar-refractivity contribution in [3.05, 3.63) is 40.5 Å². The molecule has 0 aliphatic carbocycles. The maximum Gasteiger partial charge on any atom is 0.141 e. The number of hydrogen-bond donors (Lipinski definition) is 0. The predicted octanol–water partition coefficient (Wildman–Crippen LogP) is 7.52. The van der Waals surface area contributed by atoms with Crippen LogP contribution in [0.5, 0.6) is 0 Å². The highest BCUT2D eigenvalue weighted by Gasteiger charge is 2.13. The van der Waals surface area contributed by atoms with Crippen LogP contribution in [-0.4, -0.2) is 0 Å². The minimum absolute atomic E-state index is 0.129. The van der Waals surface area contributed by atoms with Crippen molar-refractivity contribution in [3.63, 3.8) is 0 Å². The summed E-state index contributed by atoms with van der Waals surface area (Å²) >= 11 is 1.50. The highest BCUT2D eigenvalue weighted by atomic mass is 32.1. The molecule has 118 valence electrons. The van der Waals surface area contributed by atoms with Crippen molar-refractivity contribution >= 4 is 27.0 Å². The Hall–Kier alpha value is -1.15. The van der Waals surface area contributed by atoms with E-state index < -0.39 is 0 Å². The molecule has 1 aromatic carbocycles. The van der Waals surface area contributed by atoms with Crippen LogP contribution in [0.3, 0.4) is 0 Å². The second-order valence-corrected chi connectivity index (χ2v) is 5.93. The van der Waals surface area contributed by atoms with Crippen LogP contribution >= 0.6 is 11.3 Å². The van der Waals surface area contributed by atoms with Gasteiger partial charge < -0.3 is 0 Å². The van der Waals surface area contributed by atoms with Gasteiger partial charge in [-0.25, -0.2) is 4.39 Å². The fourth-order valence-corrected chi connectivity index (χ4v) is 3.14. The number of allylic oxidation sites excluding steroid dienone is 1. The second-order valence-electron chi connectivity index (χ2n) is 4.90. The highest BCUT2D eigenvalue weighted by Crippen LogP contribution is 2.37. The van der Waals surface area contributed by atoms with E-state index in [9.17, 15) is 4.39 Å². The lowest BCUT2D eigenvalue weighted by Crippen LogP contribution is -1.81. The second kappa shape index (κ2) is 9.73. The van der Waals surface area contributed by atoms with Crippen LogP contribution in [0, 0.1) is 19.7 Å². The number of benzene rings is 1. The van der Waals surface area contributed by atoms with Gasteiger partial charge in [0.15, 0.2) is 0 Å². The Kier molecular flexibility index (Phi) is 9.19. The van der Waals surface area contributed by atoms with E-state index in [-0.39, 0.29) is 5.82 Å². The summed E-state index contributed by atoms with van der Waals surface area (Å²) in [5, 5.41) is 1.05. The molecule has 2 rings (SSSR count). The fourth-order valence-electron chi connectivity index (χ4n) is 1.92. The number of rotatable bonds is 2. The zero-order valence-electron chi connectivity index (χ0n) is 14.6. The van der Waals surface area contributed by atoms with Gasteiger partial charge in [-0.15, -0.1) is 11.3 Å². The molecule has 2 heteroatoms. The van der Waals surface area contributed by atoms with Crippen LogP contribution in [0.1, 0.15) is 63.5 Å². The van der Waals surface area contributed by atoms with Gasteiger partial charge in [0.1, 0.15) is 5.82 Å². The summed E-state index contributed by atoms with van der Waals surface area (Å²) in [7, 11) is 0. The molecule has 0 N–H and O–H groups in total. The standard InChI is InChI=1S/C13H13FS.C4H10.C2H6/c1-7(2)12-9(4)11-8(3)5-6-10(14)13(11)15-12;1-3-4-2;1-2/h5-6H,1H2,2-4H3;3-4H2,1-2H3;1-2H3. The first-order valence-corrected chi connectivity index (χ1v) is 8.59. The zero-order chi connectivity index (χ0) is 16.6. The van der Waals surface area contributed by atoms with Gasteiger partial charge in [-0.05, 0) is 43.5 Å². The lowest BCUT2D eigenvalue weighted by atomic mass is 10.0. The maximum absolute atomic E-state index is 13.6. The normalized spacial score (nSPS) is 9.52. The van der Waals surface area contributed by atoms with Crippen molar-refractivity contribution in [1.29, 1.82) is 0 Å². The van der Waals surface area contributed by atoms with Crippen LogP contribution in [0.2, 0.25) is 0 Å². The first-order chi connectivity index (χ1) is 9.93. The van der Waals surface area contributed by atoms with Gasteiger partial charge in [0.25, 0.3) is 0 Å². The molecule has 2 aromatic rings. The Balaban J connectivity index is 0.000000579. The van der Waals surface area contributed by atoms with Gasteiger partial charge in [0.05, 0.1) is 4.70 Å². The Bertz CT molecular complexity index is 577. The van der Waals surface area contributed by atoms with E-state index in [1.165, 1.54) is 30.2 Å². The Morgan fingerprint density at radius 2 is 1.67 bits per heavy atom. The molecule has 0 aliphatic heterocycles. The topological polar surface area (TPSA) is 0 Å². The van der Waals surface area contributed by atoms with Gasteiger partial charge in [-0.1, -0.05) is 53.2 Å². The van der Waals surface area contributed by atoms with E-state index in [0.717, 1.165) is 31.7 Å². The van der Waals surface area contributed by atoms with Crippen LogP contribution in [-0.2, 0) is 0 Å². The summed E-state index contributed by atoms with van der Waals surface area (Å²) in [5.74, 6) is -0.129. The SMILES string of the molecule is C=C(C)c1sc2c(F)ccc(C)c2c1C.CC.CCCC. The number of aryl methyl sites for hydroxylation is 2. The van der Waals surface area contributed by atoms with Gasteiger partial charge in [-0.3, -0.25) is 0 Å². The van der Waals surface area contributed by atoms with E-state index >= 15 is 0 Å². The van der Waals surface area contributed by atoms with Crippen LogP contribution in [0.15, 0.2) is 18.7 Å². The van der Waals surface area contributed by atoms with Gasteiger partial charge in [0.2, 0.25) is 0 Å². The third-order valence-corrected chi connectivity index (χ3v) is 4.59. The van der Waals surface area contributed by atoms with E-state index in [0.29, 0.717) is 0 Å². The molecular formula is C19H29FS.